The van der Waals surface area contributed by atoms with Crippen LogP contribution in [0, 0.1) is 0 Å². The van der Waals surface area contributed by atoms with Crippen LogP contribution >= 0.6 is 0 Å². The maximum Gasteiger partial charge on any atom is 0.210 e. The van der Waals surface area contributed by atoms with Gasteiger partial charge in [0.15, 0.2) is 0 Å². The minimum atomic E-state index is 0.0102. The molecular weight excluding hydrogens is 234 g/mol. The van der Waals surface area contributed by atoms with E-state index in [0.717, 1.165) is 32.1 Å². The van der Waals surface area contributed by atoms with Crippen LogP contribution < -0.4 is 0 Å². The second-order valence-electron chi connectivity index (χ2n) is 6.38. The van der Waals surface area contributed by atoms with E-state index in [1.54, 1.807) is 0 Å². The second kappa shape index (κ2) is 8.60. The lowest BCUT2D eigenvalue weighted by Gasteiger charge is -2.50. The Bertz CT molecular complexity index is 232. The van der Waals surface area contributed by atoms with Gasteiger partial charge in [-0.1, -0.05) is 53.4 Å². The molecule has 0 aliphatic heterocycles. The van der Waals surface area contributed by atoms with E-state index in [9.17, 15) is 4.79 Å². The average molecular weight is 269 g/mol. The van der Waals surface area contributed by atoms with Gasteiger partial charge in [-0.2, -0.15) is 0 Å². The van der Waals surface area contributed by atoms with Gasteiger partial charge in [-0.05, 0) is 39.5 Å². The molecule has 0 heterocycles. The molecule has 0 spiro atoms. The lowest BCUT2D eigenvalue weighted by atomic mass is 9.81. The highest BCUT2D eigenvalue weighted by Crippen LogP contribution is 2.35. The van der Waals surface area contributed by atoms with Crippen LogP contribution in [-0.2, 0) is 4.79 Å². The maximum absolute atomic E-state index is 11.8. The summed E-state index contributed by atoms with van der Waals surface area (Å²) in [6.45, 7) is 13.4. The Hall–Kier alpha value is -0.530. The molecule has 0 aromatic heterocycles. The first-order valence-corrected chi connectivity index (χ1v) is 8.18. The summed E-state index contributed by atoms with van der Waals surface area (Å²) in [5, 5.41) is 0. The molecule has 1 amide bonds. The summed E-state index contributed by atoms with van der Waals surface area (Å²) < 4.78 is 0. The van der Waals surface area contributed by atoms with Crippen molar-refractivity contribution in [2.45, 2.75) is 104 Å². The molecule has 114 valence electrons. The van der Waals surface area contributed by atoms with Crippen molar-refractivity contribution in [1.29, 1.82) is 0 Å². The number of rotatable bonds is 11. The van der Waals surface area contributed by atoms with Gasteiger partial charge in [-0.15, -0.1) is 0 Å². The van der Waals surface area contributed by atoms with Crippen molar-refractivity contribution in [3.8, 4) is 0 Å². The number of amides is 1. The largest absolute Gasteiger partial charge is 0.334 e. The van der Waals surface area contributed by atoms with Gasteiger partial charge in [0.05, 0.1) is 0 Å². The molecular formula is C17H35NO. The van der Waals surface area contributed by atoms with E-state index in [1.807, 2.05) is 0 Å². The van der Waals surface area contributed by atoms with E-state index < -0.39 is 0 Å². The van der Waals surface area contributed by atoms with Crippen LogP contribution in [0.2, 0.25) is 0 Å². The zero-order valence-corrected chi connectivity index (χ0v) is 14.1. The molecule has 0 aromatic carbocycles. The van der Waals surface area contributed by atoms with Gasteiger partial charge < -0.3 is 4.90 Å². The molecule has 2 unspecified atom stereocenters. The Kier molecular flexibility index (Phi) is 8.36. The van der Waals surface area contributed by atoms with Crippen LogP contribution in [0.15, 0.2) is 0 Å². The fourth-order valence-corrected chi connectivity index (χ4v) is 2.96. The molecule has 2 atom stereocenters. The molecule has 0 N–H and O–H groups in total. The summed E-state index contributed by atoms with van der Waals surface area (Å²) in [6, 6.07) is 0. The third-order valence-electron chi connectivity index (χ3n) is 4.93. The molecule has 0 aromatic rings. The number of unbranched alkanes of at least 4 members (excludes halogenated alkanes) is 2. The Morgan fingerprint density at radius 3 is 1.42 bits per heavy atom. The topological polar surface area (TPSA) is 20.3 Å². The zero-order valence-electron chi connectivity index (χ0n) is 14.1. The third kappa shape index (κ3) is 4.81. The molecule has 0 saturated heterocycles. The average Bonchev–Trinajstić information content (AvgIpc) is 2.43. The summed E-state index contributed by atoms with van der Waals surface area (Å²) in [4.78, 5) is 13.9. The highest BCUT2D eigenvalue weighted by Gasteiger charge is 2.39. The van der Waals surface area contributed by atoms with E-state index in [0.29, 0.717) is 0 Å². The van der Waals surface area contributed by atoms with Gasteiger partial charge in [0.2, 0.25) is 6.41 Å². The minimum Gasteiger partial charge on any atom is -0.334 e. The molecule has 0 aliphatic rings. The van der Waals surface area contributed by atoms with Crippen molar-refractivity contribution < 1.29 is 4.79 Å². The van der Waals surface area contributed by atoms with Gasteiger partial charge in [0.1, 0.15) is 0 Å². The summed E-state index contributed by atoms with van der Waals surface area (Å²) in [5.74, 6) is 0. The SMILES string of the molecule is CCCCC(C)(CC)N(C=O)C(C)(CC)CCCC. The van der Waals surface area contributed by atoms with Gasteiger partial charge in [-0.3, -0.25) is 4.79 Å². The fourth-order valence-electron chi connectivity index (χ4n) is 2.96. The summed E-state index contributed by atoms with van der Waals surface area (Å²) in [7, 11) is 0. The van der Waals surface area contributed by atoms with Crippen LogP contribution in [0.1, 0.15) is 92.9 Å². The van der Waals surface area contributed by atoms with Crippen molar-refractivity contribution in [1.82, 2.24) is 4.90 Å². The summed E-state index contributed by atoms with van der Waals surface area (Å²) in [6.07, 6.45) is 10.2. The van der Waals surface area contributed by atoms with Gasteiger partial charge in [0.25, 0.3) is 0 Å². The smallest absolute Gasteiger partial charge is 0.210 e. The van der Waals surface area contributed by atoms with Gasteiger partial charge in [-0.25, -0.2) is 0 Å². The fraction of sp³-hybridized carbons (Fsp3) is 0.941. The molecule has 2 nitrogen and oxygen atoms in total. The first-order chi connectivity index (χ1) is 8.94. The van der Waals surface area contributed by atoms with Crippen LogP contribution in [0.3, 0.4) is 0 Å². The van der Waals surface area contributed by atoms with Crippen LogP contribution in [0.5, 0.6) is 0 Å². The minimum absolute atomic E-state index is 0.0102. The van der Waals surface area contributed by atoms with E-state index in [-0.39, 0.29) is 11.1 Å². The zero-order chi connectivity index (χ0) is 14.9. The monoisotopic (exact) mass is 269 g/mol. The lowest BCUT2D eigenvalue weighted by molar-refractivity contribution is -0.133. The number of carbonyl (C=O) groups is 1. The first-order valence-electron chi connectivity index (χ1n) is 8.18. The van der Waals surface area contributed by atoms with Crippen LogP contribution in [0.4, 0.5) is 0 Å². The van der Waals surface area contributed by atoms with Crippen LogP contribution in [-0.4, -0.2) is 22.4 Å². The van der Waals surface area contributed by atoms with Crippen molar-refractivity contribution >= 4 is 6.41 Å². The molecule has 0 fully saturated rings. The molecule has 0 rings (SSSR count). The molecule has 2 heteroatoms. The molecule has 0 aliphatic carbocycles. The quantitative estimate of drug-likeness (QED) is 0.474. The Morgan fingerprint density at radius 1 is 0.842 bits per heavy atom. The van der Waals surface area contributed by atoms with Gasteiger partial charge >= 0.3 is 0 Å². The number of nitrogens with zero attached hydrogens (tertiary/aromatic N) is 1. The Morgan fingerprint density at radius 2 is 1.21 bits per heavy atom. The molecule has 0 bridgehead atoms. The number of carbonyl (C=O) groups excluding carboxylic acids is 1. The standard InChI is InChI=1S/C17H35NO/c1-7-11-13-16(5,9-3)18(15-19)17(6,10-4)14-12-8-2/h15H,7-14H2,1-6H3. The number of hydrogen-bond acceptors (Lipinski definition) is 1. The van der Waals surface area contributed by atoms with E-state index in [2.05, 4.69) is 46.4 Å². The van der Waals surface area contributed by atoms with E-state index >= 15 is 0 Å². The molecule has 0 saturated carbocycles. The molecule has 0 radical (unpaired) electrons. The maximum atomic E-state index is 11.8. The third-order valence-corrected chi connectivity index (χ3v) is 4.93. The van der Waals surface area contributed by atoms with E-state index in [1.165, 1.54) is 25.7 Å². The van der Waals surface area contributed by atoms with Crippen molar-refractivity contribution in [2.75, 3.05) is 0 Å². The van der Waals surface area contributed by atoms with Crippen molar-refractivity contribution in [3.05, 3.63) is 0 Å². The summed E-state index contributed by atoms with van der Waals surface area (Å²) in [5.41, 5.74) is 0.0204. The highest BCUT2D eigenvalue weighted by atomic mass is 16.1. The number of hydrogen-bond donors (Lipinski definition) is 0. The van der Waals surface area contributed by atoms with Gasteiger partial charge in [0, 0.05) is 11.1 Å². The second-order valence-corrected chi connectivity index (χ2v) is 6.38. The first kappa shape index (κ1) is 18.5. The summed E-state index contributed by atoms with van der Waals surface area (Å²) >= 11 is 0. The van der Waals surface area contributed by atoms with Crippen molar-refractivity contribution in [3.63, 3.8) is 0 Å². The Balaban J connectivity index is 5.14. The van der Waals surface area contributed by atoms with E-state index in [4.69, 9.17) is 0 Å². The highest BCUT2D eigenvalue weighted by molar-refractivity contribution is 5.51. The van der Waals surface area contributed by atoms with Crippen molar-refractivity contribution in [2.24, 2.45) is 0 Å². The molecule has 19 heavy (non-hydrogen) atoms. The Labute approximate surface area is 120 Å². The normalized spacial score (nSPS) is 17.6. The van der Waals surface area contributed by atoms with Crippen LogP contribution in [0.25, 0.3) is 0 Å². The predicted molar refractivity (Wildman–Crippen MR) is 84.3 cm³/mol. The predicted octanol–water partition coefficient (Wildman–Crippen LogP) is 5.16. The lowest BCUT2D eigenvalue weighted by Crippen LogP contribution is -2.57.